The maximum absolute atomic E-state index is 15.4. The minimum Gasteiger partial charge on any atom is -0.373 e. The molecule has 39 heavy (non-hydrogen) atoms. The van der Waals surface area contributed by atoms with E-state index in [1.807, 2.05) is 4.98 Å². The van der Waals surface area contributed by atoms with Gasteiger partial charge in [0.25, 0.3) is 5.56 Å². The van der Waals surface area contributed by atoms with Gasteiger partial charge >= 0.3 is 6.18 Å². The van der Waals surface area contributed by atoms with E-state index in [1.165, 1.54) is 19.1 Å². The van der Waals surface area contributed by atoms with Crippen LogP contribution in [0.1, 0.15) is 42.1 Å². The van der Waals surface area contributed by atoms with Gasteiger partial charge in [-0.15, -0.1) is 0 Å². The molecule has 6 nitrogen and oxygen atoms in total. The van der Waals surface area contributed by atoms with E-state index in [2.05, 4.69) is 10.3 Å². The van der Waals surface area contributed by atoms with Crippen molar-refractivity contribution >= 4 is 5.91 Å². The molecule has 0 aliphatic heterocycles. The zero-order valence-electron chi connectivity index (χ0n) is 20.4. The van der Waals surface area contributed by atoms with Gasteiger partial charge in [-0.3, -0.25) is 9.59 Å². The highest BCUT2D eigenvalue weighted by molar-refractivity contribution is 5.79. The quantitative estimate of drug-likeness (QED) is 0.374. The number of alkyl halides is 3. The van der Waals surface area contributed by atoms with Crippen LogP contribution >= 0.6 is 0 Å². The molecule has 0 atom stereocenters. The molecule has 3 aromatic rings. The third kappa shape index (κ3) is 5.97. The first-order chi connectivity index (χ1) is 18.4. The number of aromatic amines is 1. The van der Waals surface area contributed by atoms with E-state index < -0.39 is 82.1 Å². The van der Waals surface area contributed by atoms with Crippen LogP contribution in [0.4, 0.5) is 30.7 Å². The molecular formula is C26H22F7N3O3. The fourth-order valence-electron chi connectivity index (χ4n) is 4.19. The Morgan fingerprint density at radius 3 is 2.44 bits per heavy atom. The second-order valence-corrected chi connectivity index (χ2v) is 9.02. The average Bonchev–Trinajstić information content (AvgIpc) is 2.85. The molecule has 0 spiro atoms. The number of benzene rings is 2. The maximum atomic E-state index is 15.4. The Bertz CT molecular complexity index is 1450. The number of nitrogens with one attached hydrogen (secondary N) is 2. The minimum atomic E-state index is -5.02. The van der Waals surface area contributed by atoms with Crippen molar-refractivity contribution in [1.29, 1.82) is 0 Å². The Balaban J connectivity index is 1.44. The zero-order valence-corrected chi connectivity index (χ0v) is 20.4. The van der Waals surface area contributed by atoms with Gasteiger partial charge in [0, 0.05) is 23.6 Å². The molecule has 1 aliphatic carbocycles. The van der Waals surface area contributed by atoms with Gasteiger partial charge in [0.1, 0.15) is 11.6 Å². The lowest BCUT2D eigenvalue weighted by Crippen LogP contribution is -2.42. The Kier molecular flexibility index (Phi) is 8.09. The van der Waals surface area contributed by atoms with Gasteiger partial charge in [-0.25, -0.2) is 18.2 Å². The first-order valence-corrected chi connectivity index (χ1v) is 11.9. The van der Waals surface area contributed by atoms with Crippen molar-refractivity contribution in [3.63, 3.8) is 0 Å². The monoisotopic (exact) mass is 557 g/mol. The SMILES string of the molecule is CCc1nc(-c2c(C(F)(F)F)ccc(CNC(=O)C3CC(OCc4cccc(F)c4F)C3)c2F)[nH]c(=O)c1F. The number of ether oxygens (including phenoxy) is 1. The molecule has 208 valence electrons. The smallest absolute Gasteiger partial charge is 0.373 e. The van der Waals surface area contributed by atoms with E-state index >= 15 is 4.39 Å². The van der Waals surface area contributed by atoms with Crippen molar-refractivity contribution in [2.45, 2.75) is 51.6 Å². The predicted molar refractivity (Wildman–Crippen MR) is 124 cm³/mol. The summed E-state index contributed by atoms with van der Waals surface area (Å²) < 4.78 is 103. The molecule has 1 heterocycles. The summed E-state index contributed by atoms with van der Waals surface area (Å²) in [5, 5.41) is 2.45. The molecule has 1 saturated carbocycles. The van der Waals surface area contributed by atoms with Gasteiger partial charge in [0.05, 0.1) is 29.5 Å². The molecular weight excluding hydrogens is 535 g/mol. The lowest BCUT2D eigenvalue weighted by molar-refractivity contribution is -0.137. The number of carbonyl (C=O) groups is 1. The lowest BCUT2D eigenvalue weighted by Gasteiger charge is -2.34. The van der Waals surface area contributed by atoms with E-state index in [4.69, 9.17) is 4.74 Å². The Labute approximate surface area is 217 Å². The van der Waals surface area contributed by atoms with Crippen molar-refractivity contribution in [2.24, 2.45) is 5.92 Å². The summed E-state index contributed by atoms with van der Waals surface area (Å²) in [5.74, 6) is -6.51. The molecule has 1 aromatic heterocycles. The number of amides is 1. The number of H-pyrrole nitrogens is 1. The van der Waals surface area contributed by atoms with Crippen molar-refractivity contribution < 1.29 is 40.3 Å². The largest absolute Gasteiger partial charge is 0.417 e. The second kappa shape index (κ2) is 11.2. The molecule has 0 unspecified atom stereocenters. The fourth-order valence-corrected chi connectivity index (χ4v) is 4.19. The van der Waals surface area contributed by atoms with E-state index in [9.17, 15) is 35.9 Å². The number of hydrogen-bond acceptors (Lipinski definition) is 4. The molecule has 13 heteroatoms. The Morgan fingerprint density at radius 2 is 1.77 bits per heavy atom. The summed E-state index contributed by atoms with van der Waals surface area (Å²) in [4.78, 5) is 29.9. The first-order valence-electron chi connectivity index (χ1n) is 11.9. The van der Waals surface area contributed by atoms with Crippen molar-refractivity contribution in [2.75, 3.05) is 0 Å². The van der Waals surface area contributed by atoms with E-state index in [1.54, 1.807) is 0 Å². The van der Waals surface area contributed by atoms with Gasteiger partial charge in [-0.05, 0) is 31.4 Å². The van der Waals surface area contributed by atoms with Crippen molar-refractivity contribution in [3.8, 4) is 11.4 Å². The zero-order chi connectivity index (χ0) is 28.5. The molecule has 1 fully saturated rings. The van der Waals surface area contributed by atoms with Gasteiger partial charge < -0.3 is 15.0 Å². The third-order valence-corrected chi connectivity index (χ3v) is 6.46. The third-order valence-electron chi connectivity index (χ3n) is 6.46. The topological polar surface area (TPSA) is 84.1 Å². The summed E-state index contributed by atoms with van der Waals surface area (Å²) in [7, 11) is 0. The van der Waals surface area contributed by atoms with Crippen LogP contribution in [0.3, 0.4) is 0 Å². The number of hydrogen-bond donors (Lipinski definition) is 2. The number of nitrogens with zero attached hydrogens (tertiary/aromatic N) is 1. The highest BCUT2D eigenvalue weighted by Crippen LogP contribution is 2.38. The molecule has 4 rings (SSSR count). The molecule has 0 bridgehead atoms. The van der Waals surface area contributed by atoms with Crippen LogP contribution in [-0.4, -0.2) is 22.0 Å². The fraction of sp³-hybridized carbons (Fsp3) is 0.346. The maximum Gasteiger partial charge on any atom is 0.417 e. The molecule has 1 amide bonds. The normalized spacial score (nSPS) is 17.1. The van der Waals surface area contributed by atoms with Crippen molar-refractivity contribution in [1.82, 2.24) is 15.3 Å². The molecule has 0 radical (unpaired) electrons. The summed E-state index contributed by atoms with van der Waals surface area (Å²) in [5.41, 5.74) is -4.56. The van der Waals surface area contributed by atoms with E-state index in [0.29, 0.717) is 6.07 Å². The first kappa shape index (κ1) is 28.3. The van der Waals surface area contributed by atoms with Crippen LogP contribution in [-0.2, 0) is 35.3 Å². The Hall–Kier alpha value is -3.74. The number of aromatic nitrogens is 2. The lowest BCUT2D eigenvalue weighted by atomic mass is 9.81. The summed E-state index contributed by atoms with van der Waals surface area (Å²) in [6, 6.07) is 5.13. The van der Waals surface area contributed by atoms with Crippen molar-refractivity contribution in [3.05, 3.63) is 86.3 Å². The second-order valence-electron chi connectivity index (χ2n) is 9.02. The molecule has 1 aliphatic rings. The van der Waals surface area contributed by atoms with Gasteiger partial charge in [0.2, 0.25) is 11.7 Å². The standard InChI is InChI=1S/C26H22F7N3O3/c1-2-18-22(30)25(38)36-23(35-18)19-16(26(31,32)33)7-6-12(21(19)29)10-34-24(37)14-8-15(9-14)39-11-13-4-3-5-17(27)20(13)28/h3-7,14-15H,2,8-11H2,1H3,(H,34,37)(H,35,36,38). The summed E-state index contributed by atoms with van der Waals surface area (Å²) in [6.45, 7) is 0.761. The minimum absolute atomic E-state index is 0.0273. The van der Waals surface area contributed by atoms with E-state index in [-0.39, 0.29) is 37.0 Å². The molecule has 0 saturated heterocycles. The van der Waals surface area contributed by atoms with Crippen LogP contribution in [0.2, 0.25) is 0 Å². The average molecular weight is 557 g/mol. The number of rotatable bonds is 8. The predicted octanol–water partition coefficient (Wildman–Crippen LogP) is 5.19. The van der Waals surface area contributed by atoms with E-state index in [0.717, 1.165) is 12.1 Å². The number of halogens is 7. The number of carbonyl (C=O) groups excluding carboxylic acids is 1. The van der Waals surface area contributed by atoms with Crippen LogP contribution < -0.4 is 10.9 Å². The molecule has 2 aromatic carbocycles. The number of aryl methyl sites for hydroxylation is 1. The van der Waals surface area contributed by atoms with Crippen LogP contribution in [0, 0.1) is 29.2 Å². The summed E-state index contributed by atoms with van der Waals surface area (Å²) >= 11 is 0. The highest BCUT2D eigenvalue weighted by Gasteiger charge is 2.38. The van der Waals surface area contributed by atoms with Gasteiger partial charge in [0.15, 0.2) is 11.6 Å². The Morgan fingerprint density at radius 1 is 1.05 bits per heavy atom. The van der Waals surface area contributed by atoms with Gasteiger partial charge in [-0.1, -0.05) is 25.1 Å². The van der Waals surface area contributed by atoms with Crippen LogP contribution in [0.5, 0.6) is 0 Å². The van der Waals surface area contributed by atoms with Gasteiger partial charge in [-0.2, -0.15) is 17.6 Å². The summed E-state index contributed by atoms with van der Waals surface area (Å²) in [6.07, 6.45) is -5.03. The molecule has 2 N–H and O–H groups in total. The van der Waals surface area contributed by atoms with Crippen LogP contribution in [0.25, 0.3) is 11.4 Å². The van der Waals surface area contributed by atoms with Crippen LogP contribution in [0.15, 0.2) is 35.1 Å². The highest BCUT2D eigenvalue weighted by atomic mass is 19.4.